The van der Waals surface area contributed by atoms with E-state index in [1.54, 1.807) is 13.8 Å². The molecule has 0 saturated heterocycles. The zero-order valence-corrected chi connectivity index (χ0v) is 14.3. The van der Waals surface area contributed by atoms with Gasteiger partial charge in [-0.15, -0.1) is 0 Å². The minimum absolute atomic E-state index is 0.227. The molecule has 22 heavy (non-hydrogen) atoms. The Labute approximate surface area is 133 Å². The molecule has 0 aliphatic carbocycles. The summed E-state index contributed by atoms with van der Waals surface area (Å²) in [5.74, 6) is 0.0449. The summed E-state index contributed by atoms with van der Waals surface area (Å²) >= 11 is 0. The predicted molar refractivity (Wildman–Crippen MR) is 89.3 cm³/mol. The second-order valence-electron chi connectivity index (χ2n) is 6.73. The molecule has 2 N–H and O–H groups in total. The van der Waals surface area contributed by atoms with Crippen molar-refractivity contribution < 1.29 is 9.59 Å². The Bertz CT molecular complexity index is 504. The van der Waals surface area contributed by atoms with Crippen LogP contribution in [-0.4, -0.2) is 18.4 Å². The molecule has 2 amide bonds. The van der Waals surface area contributed by atoms with Gasteiger partial charge in [0.2, 0.25) is 11.8 Å². The minimum atomic E-state index is -1.07. The zero-order valence-electron chi connectivity index (χ0n) is 14.3. The highest BCUT2D eigenvalue weighted by Gasteiger charge is 2.35. The van der Waals surface area contributed by atoms with Crippen LogP contribution in [0, 0.1) is 18.3 Å². The predicted octanol–water partition coefficient (Wildman–Crippen LogP) is 2.80. The number of nitrogens with one attached hydrogen (secondary N) is 2. The average Bonchev–Trinajstić information content (AvgIpc) is 2.45. The van der Waals surface area contributed by atoms with Crippen LogP contribution in [0.25, 0.3) is 0 Å². The number of aryl methyl sites for hydroxylation is 1. The number of amides is 2. The molecule has 4 nitrogen and oxygen atoms in total. The fraction of sp³-hybridized carbons (Fsp3) is 0.556. The van der Waals surface area contributed by atoms with Crippen molar-refractivity contribution in [2.45, 2.75) is 47.6 Å². The molecule has 1 aromatic carbocycles. The monoisotopic (exact) mass is 304 g/mol. The highest BCUT2D eigenvalue weighted by molar-refractivity contribution is 6.04. The molecule has 0 spiro atoms. The summed E-state index contributed by atoms with van der Waals surface area (Å²) in [4.78, 5) is 24.4. The van der Waals surface area contributed by atoms with E-state index >= 15 is 0 Å². The van der Waals surface area contributed by atoms with Crippen LogP contribution >= 0.6 is 0 Å². The first-order chi connectivity index (χ1) is 10.2. The van der Waals surface area contributed by atoms with Gasteiger partial charge in [0, 0.05) is 13.1 Å². The van der Waals surface area contributed by atoms with Crippen LogP contribution in [0.3, 0.4) is 0 Å². The number of hydrogen-bond acceptors (Lipinski definition) is 2. The molecule has 0 aromatic heterocycles. The summed E-state index contributed by atoms with van der Waals surface area (Å²) in [6.45, 7) is 10.6. The van der Waals surface area contributed by atoms with E-state index in [2.05, 4.69) is 24.5 Å². The maximum atomic E-state index is 12.3. The van der Waals surface area contributed by atoms with Gasteiger partial charge in [-0.2, -0.15) is 0 Å². The standard InChI is InChI=1S/C18H28N2O2/c1-13(2)10-11-19-16(21)18(4,5)17(22)20-12-15-8-6-14(3)7-9-15/h6-9,13H,10-12H2,1-5H3,(H,19,21)(H,20,22). The lowest BCUT2D eigenvalue weighted by Crippen LogP contribution is -2.47. The molecule has 0 atom stereocenters. The molecular weight excluding hydrogens is 276 g/mol. The van der Waals surface area contributed by atoms with Crippen LogP contribution in [0.1, 0.15) is 45.2 Å². The van der Waals surface area contributed by atoms with Crippen LogP contribution < -0.4 is 10.6 Å². The molecule has 1 rings (SSSR count). The van der Waals surface area contributed by atoms with Gasteiger partial charge in [-0.05, 0) is 38.7 Å². The summed E-state index contributed by atoms with van der Waals surface area (Å²) in [5, 5.41) is 5.68. The summed E-state index contributed by atoms with van der Waals surface area (Å²) in [7, 11) is 0. The van der Waals surface area contributed by atoms with Gasteiger partial charge in [0.25, 0.3) is 0 Å². The van der Waals surface area contributed by atoms with Gasteiger partial charge in [0.15, 0.2) is 0 Å². The van der Waals surface area contributed by atoms with Gasteiger partial charge < -0.3 is 10.6 Å². The Balaban J connectivity index is 2.50. The zero-order chi connectivity index (χ0) is 16.8. The molecule has 0 unspecified atom stereocenters. The number of rotatable bonds is 7. The van der Waals surface area contributed by atoms with Crippen LogP contribution in [0.2, 0.25) is 0 Å². The smallest absolute Gasteiger partial charge is 0.235 e. The average molecular weight is 304 g/mol. The Morgan fingerprint density at radius 3 is 2.14 bits per heavy atom. The Morgan fingerprint density at radius 1 is 1.05 bits per heavy atom. The first kappa shape index (κ1) is 18.2. The van der Waals surface area contributed by atoms with Gasteiger partial charge in [0.1, 0.15) is 5.41 Å². The van der Waals surface area contributed by atoms with Crippen LogP contribution in [0.15, 0.2) is 24.3 Å². The van der Waals surface area contributed by atoms with Crippen molar-refractivity contribution >= 4 is 11.8 Å². The third-order valence-electron chi connectivity index (χ3n) is 3.72. The van der Waals surface area contributed by atoms with E-state index in [9.17, 15) is 9.59 Å². The number of carbonyl (C=O) groups is 2. The SMILES string of the molecule is Cc1ccc(CNC(=O)C(C)(C)C(=O)NCCC(C)C)cc1. The summed E-state index contributed by atoms with van der Waals surface area (Å²) in [5.41, 5.74) is 1.14. The molecule has 122 valence electrons. The number of hydrogen-bond donors (Lipinski definition) is 2. The van der Waals surface area contributed by atoms with Crippen molar-refractivity contribution in [2.75, 3.05) is 6.54 Å². The van der Waals surface area contributed by atoms with Crippen LogP contribution in [0.4, 0.5) is 0 Å². The Hall–Kier alpha value is -1.84. The lowest BCUT2D eigenvalue weighted by atomic mass is 9.90. The number of carbonyl (C=O) groups excluding carboxylic acids is 2. The van der Waals surface area contributed by atoms with E-state index < -0.39 is 5.41 Å². The van der Waals surface area contributed by atoms with Gasteiger partial charge in [-0.1, -0.05) is 43.7 Å². The molecule has 0 bridgehead atoms. The molecule has 0 radical (unpaired) electrons. The first-order valence-corrected chi connectivity index (χ1v) is 7.85. The van der Waals surface area contributed by atoms with Crippen molar-refractivity contribution in [3.05, 3.63) is 35.4 Å². The van der Waals surface area contributed by atoms with Crippen LogP contribution in [-0.2, 0) is 16.1 Å². The fourth-order valence-electron chi connectivity index (χ4n) is 1.91. The Kier molecular flexibility index (Phi) is 6.60. The quantitative estimate of drug-likeness (QED) is 0.761. The lowest BCUT2D eigenvalue weighted by Gasteiger charge is -2.23. The Morgan fingerprint density at radius 2 is 1.59 bits per heavy atom. The van der Waals surface area contributed by atoms with Crippen molar-refractivity contribution in [1.82, 2.24) is 10.6 Å². The van der Waals surface area contributed by atoms with Crippen LogP contribution in [0.5, 0.6) is 0 Å². The van der Waals surface area contributed by atoms with E-state index in [1.807, 2.05) is 31.2 Å². The van der Waals surface area contributed by atoms with Crippen molar-refractivity contribution in [2.24, 2.45) is 11.3 Å². The topological polar surface area (TPSA) is 58.2 Å². The van der Waals surface area contributed by atoms with Crippen molar-refractivity contribution in [1.29, 1.82) is 0 Å². The lowest BCUT2D eigenvalue weighted by molar-refractivity contribution is -0.141. The van der Waals surface area contributed by atoms with E-state index in [0.29, 0.717) is 19.0 Å². The number of benzene rings is 1. The summed E-state index contributed by atoms with van der Waals surface area (Å²) < 4.78 is 0. The second kappa shape index (κ2) is 7.97. The molecule has 0 fully saturated rings. The van der Waals surface area contributed by atoms with E-state index in [-0.39, 0.29) is 11.8 Å². The van der Waals surface area contributed by atoms with E-state index in [0.717, 1.165) is 12.0 Å². The minimum Gasteiger partial charge on any atom is -0.355 e. The maximum absolute atomic E-state index is 12.3. The summed E-state index contributed by atoms with van der Waals surface area (Å²) in [6, 6.07) is 7.97. The van der Waals surface area contributed by atoms with Crippen molar-refractivity contribution in [3.63, 3.8) is 0 Å². The van der Waals surface area contributed by atoms with E-state index in [1.165, 1.54) is 5.56 Å². The van der Waals surface area contributed by atoms with Gasteiger partial charge in [0.05, 0.1) is 0 Å². The largest absolute Gasteiger partial charge is 0.355 e. The molecule has 0 heterocycles. The molecular formula is C18H28N2O2. The summed E-state index contributed by atoms with van der Waals surface area (Å²) in [6.07, 6.45) is 0.910. The van der Waals surface area contributed by atoms with Crippen molar-refractivity contribution in [3.8, 4) is 0 Å². The van der Waals surface area contributed by atoms with Gasteiger partial charge in [-0.3, -0.25) is 9.59 Å². The highest BCUT2D eigenvalue weighted by Crippen LogP contribution is 2.16. The normalized spacial score (nSPS) is 11.4. The molecule has 0 aliphatic rings. The van der Waals surface area contributed by atoms with Gasteiger partial charge in [-0.25, -0.2) is 0 Å². The highest BCUT2D eigenvalue weighted by atomic mass is 16.2. The maximum Gasteiger partial charge on any atom is 0.235 e. The third-order valence-corrected chi connectivity index (χ3v) is 3.72. The first-order valence-electron chi connectivity index (χ1n) is 7.85. The molecule has 4 heteroatoms. The van der Waals surface area contributed by atoms with E-state index in [4.69, 9.17) is 0 Å². The fourth-order valence-corrected chi connectivity index (χ4v) is 1.91. The molecule has 1 aromatic rings. The molecule has 0 aliphatic heterocycles. The van der Waals surface area contributed by atoms with Gasteiger partial charge >= 0.3 is 0 Å². The third kappa shape index (κ3) is 5.51. The second-order valence-corrected chi connectivity index (χ2v) is 6.73. The molecule has 0 saturated carbocycles.